The highest BCUT2D eigenvalue weighted by atomic mass is 16.3. The van der Waals surface area contributed by atoms with Gasteiger partial charge in [-0.2, -0.15) is 5.26 Å². The molecule has 0 fully saturated rings. The van der Waals surface area contributed by atoms with E-state index in [9.17, 15) is 9.90 Å². The maximum Gasteiger partial charge on any atom is 0.221 e. The van der Waals surface area contributed by atoms with E-state index in [-0.39, 0.29) is 5.91 Å². The van der Waals surface area contributed by atoms with Crippen LogP contribution in [-0.2, 0) is 4.79 Å². The lowest BCUT2D eigenvalue weighted by molar-refractivity contribution is -0.114. The highest BCUT2D eigenvalue weighted by molar-refractivity contribution is 5.89. The van der Waals surface area contributed by atoms with Gasteiger partial charge in [-0.25, -0.2) is 0 Å². The molecule has 1 aromatic rings. The zero-order valence-corrected chi connectivity index (χ0v) is 12.0. The van der Waals surface area contributed by atoms with Gasteiger partial charge in [-0.05, 0) is 24.6 Å². The first kappa shape index (κ1) is 16.0. The number of carbonyl (C=O) groups excluding carboxylic acids is 1. The second-order valence-electron chi connectivity index (χ2n) is 4.65. The van der Waals surface area contributed by atoms with E-state index in [2.05, 4.69) is 11.4 Å². The molecule has 5 nitrogen and oxygen atoms in total. The van der Waals surface area contributed by atoms with Gasteiger partial charge in [0.1, 0.15) is 0 Å². The molecular formula is C15H21N3O2. The molecule has 20 heavy (non-hydrogen) atoms. The van der Waals surface area contributed by atoms with Crippen molar-refractivity contribution in [3.8, 4) is 6.07 Å². The first-order chi connectivity index (χ1) is 9.56. The lowest BCUT2D eigenvalue weighted by Gasteiger charge is -2.26. The topological polar surface area (TPSA) is 76.4 Å². The van der Waals surface area contributed by atoms with E-state index in [1.807, 2.05) is 36.1 Å². The van der Waals surface area contributed by atoms with Gasteiger partial charge in [0.15, 0.2) is 0 Å². The molecule has 1 atom stereocenters. The van der Waals surface area contributed by atoms with Crippen molar-refractivity contribution in [3.63, 3.8) is 0 Å². The summed E-state index contributed by atoms with van der Waals surface area (Å²) in [6.07, 6.45) is 0.619. The normalized spacial score (nSPS) is 11.5. The highest BCUT2D eigenvalue weighted by Gasteiger charge is 2.11. The fraction of sp³-hybridized carbons (Fsp3) is 0.467. The average Bonchev–Trinajstić information content (AvgIpc) is 2.42. The number of hydrogen-bond donors (Lipinski definition) is 2. The molecule has 0 bridgehead atoms. The van der Waals surface area contributed by atoms with E-state index < -0.39 is 6.10 Å². The van der Waals surface area contributed by atoms with Gasteiger partial charge in [-0.15, -0.1) is 0 Å². The van der Waals surface area contributed by atoms with Gasteiger partial charge >= 0.3 is 0 Å². The molecule has 0 aliphatic rings. The molecule has 0 radical (unpaired) electrons. The molecular weight excluding hydrogens is 254 g/mol. The largest absolute Gasteiger partial charge is 0.391 e. The van der Waals surface area contributed by atoms with Gasteiger partial charge in [-0.1, -0.05) is 13.0 Å². The summed E-state index contributed by atoms with van der Waals surface area (Å²) in [4.78, 5) is 13.0. The third-order valence-corrected chi connectivity index (χ3v) is 2.93. The molecule has 108 valence electrons. The van der Waals surface area contributed by atoms with E-state index in [4.69, 9.17) is 5.26 Å². The van der Waals surface area contributed by atoms with Gasteiger partial charge in [0.2, 0.25) is 5.91 Å². The van der Waals surface area contributed by atoms with Gasteiger partial charge in [0.05, 0.1) is 18.6 Å². The smallest absolute Gasteiger partial charge is 0.221 e. The number of anilines is 2. The Labute approximate surface area is 119 Å². The molecule has 0 aliphatic carbocycles. The summed E-state index contributed by atoms with van der Waals surface area (Å²) in [5, 5.41) is 21.3. The Kier molecular flexibility index (Phi) is 6.54. The minimum Gasteiger partial charge on any atom is -0.391 e. The summed E-state index contributed by atoms with van der Waals surface area (Å²) in [7, 11) is 0. The van der Waals surface area contributed by atoms with Gasteiger partial charge in [0.25, 0.3) is 0 Å². The second kappa shape index (κ2) is 8.18. The van der Waals surface area contributed by atoms with Crippen molar-refractivity contribution in [3.05, 3.63) is 24.3 Å². The fourth-order valence-corrected chi connectivity index (χ4v) is 1.88. The van der Waals surface area contributed by atoms with Crippen molar-refractivity contribution in [1.29, 1.82) is 5.26 Å². The number of benzene rings is 1. The number of nitrogens with one attached hydrogen (secondary N) is 1. The molecule has 0 saturated carbocycles. The monoisotopic (exact) mass is 275 g/mol. The predicted octanol–water partition coefficient (Wildman–Crippen LogP) is 2.14. The SMILES string of the molecule is CCC(O)CN(CCC#N)c1cccc(NC(C)=O)c1. The number of aliphatic hydroxyl groups excluding tert-OH is 1. The van der Waals surface area contributed by atoms with E-state index in [0.717, 1.165) is 5.69 Å². The van der Waals surface area contributed by atoms with E-state index in [0.29, 0.717) is 31.6 Å². The van der Waals surface area contributed by atoms with E-state index >= 15 is 0 Å². The van der Waals surface area contributed by atoms with Crippen LogP contribution in [0.5, 0.6) is 0 Å². The third-order valence-electron chi connectivity index (χ3n) is 2.93. The number of amides is 1. The molecule has 0 saturated heterocycles. The van der Waals surface area contributed by atoms with Crippen LogP contribution in [0, 0.1) is 11.3 Å². The average molecular weight is 275 g/mol. The molecule has 0 heterocycles. The summed E-state index contributed by atoms with van der Waals surface area (Å²) in [6, 6.07) is 9.52. The maximum absolute atomic E-state index is 11.1. The van der Waals surface area contributed by atoms with Crippen molar-refractivity contribution in [2.24, 2.45) is 0 Å². The Morgan fingerprint density at radius 3 is 2.90 bits per heavy atom. The zero-order valence-electron chi connectivity index (χ0n) is 12.0. The number of nitriles is 1. The van der Waals surface area contributed by atoms with Crippen molar-refractivity contribution < 1.29 is 9.90 Å². The lowest BCUT2D eigenvalue weighted by Crippen LogP contribution is -2.33. The molecule has 1 rings (SSSR count). The summed E-state index contributed by atoms with van der Waals surface area (Å²) >= 11 is 0. The van der Waals surface area contributed by atoms with E-state index in [1.165, 1.54) is 6.92 Å². The van der Waals surface area contributed by atoms with Crippen LogP contribution in [0.2, 0.25) is 0 Å². The summed E-state index contributed by atoms with van der Waals surface area (Å²) in [5.74, 6) is -0.126. The van der Waals surface area contributed by atoms with Crippen molar-refractivity contribution in [2.45, 2.75) is 32.8 Å². The first-order valence-electron chi connectivity index (χ1n) is 6.74. The predicted molar refractivity (Wildman–Crippen MR) is 79.5 cm³/mol. The number of carbonyl (C=O) groups is 1. The summed E-state index contributed by atoms with van der Waals surface area (Å²) in [5.41, 5.74) is 1.60. The quantitative estimate of drug-likeness (QED) is 0.799. The van der Waals surface area contributed by atoms with Crippen LogP contribution in [0.1, 0.15) is 26.7 Å². The van der Waals surface area contributed by atoms with Crippen LogP contribution in [0.4, 0.5) is 11.4 Å². The molecule has 5 heteroatoms. The molecule has 0 spiro atoms. The minimum absolute atomic E-state index is 0.126. The van der Waals surface area contributed by atoms with Gasteiger partial charge in [0, 0.05) is 31.4 Å². The number of nitrogens with zero attached hydrogens (tertiary/aromatic N) is 2. The van der Waals surface area contributed by atoms with Crippen LogP contribution < -0.4 is 10.2 Å². The summed E-state index contributed by atoms with van der Waals surface area (Å²) in [6.45, 7) is 4.40. The minimum atomic E-state index is -0.432. The number of aliphatic hydroxyl groups is 1. The Morgan fingerprint density at radius 1 is 1.55 bits per heavy atom. The Bertz CT molecular complexity index is 482. The second-order valence-corrected chi connectivity index (χ2v) is 4.65. The Morgan fingerprint density at radius 2 is 2.30 bits per heavy atom. The number of rotatable bonds is 7. The number of hydrogen-bond acceptors (Lipinski definition) is 4. The third kappa shape index (κ3) is 5.29. The highest BCUT2D eigenvalue weighted by Crippen LogP contribution is 2.20. The van der Waals surface area contributed by atoms with Crippen LogP contribution in [-0.4, -0.2) is 30.2 Å². The molecule has 2 N–H and O–H groups in total. The molecule has 0 aromatic heterocycles. The first-order valence-corrected chi connectivity index (χ1v) is 6.74. The van der Waals surface area contributed by atoms with Crippen LogP contribution in [0.15, 0.2) is 24.3 Å². The van der Waals surface area contributed by atoms with Gasteiger partial charge in [-0.3, -0.25) is 4.79 Å². The summed E-state index contributed by atoms with van der Waals surface area (Å²) < 4.78 is 0. The maximum atomic E-state index is 11.1. The van der Waals surface area contributed by atoms with Crippen molar-refractivity contribution in [1.82, 2.24) is 0 Å². The molecule has 1 amide bonds. The molecule has 0 aliphatic heterocycles. The van der Waals surface area contributed by atoms with Crippen LogP contribution in [0.25, 0.3) is 0 Å². The molecule has 1 unspecified atom stereocenters. The van der Waals surface area contributed by atoms with Crippen molar-refractivity contribution >= 4 is 17.3 Å². The fourth-order valence-electron chi connectivity index (χ4n) is 1.88. The van der Waals surface area contributed by atoms with Crippen molar-refractivity contribution in [2.75, 3.05) is 23.3 Å². The molecule has 1 aromatic carbocycles. The van der Waals surface area contributed by atoms with Gasteiger partial charge < -0.3 is 15.3 Å². The lowest BCUT2D eigenvalue weighted by atomic mass is 10.2. The Balaban J connectivity index is 2.88. The standard InChI is InChI=1S/C15H21N3O2/c1-3-15(20)11-18(9-5-8-16)14-7-4-6-13(10-14)17-12(2)19/h4,6-7,10,15,20H,3,5,9,11H2,1-2H3,(H,17,19). The van der Waals surface area contributed by atoms with E-state index in [1.54, 1.807) is 0 Å². The van der Waals surface area contributed by atoms with Crippen LogP contribution >= 0.6 is 0 Å². The van der Waals surface area contributed by atoms with Crippen LogP contribution in [0.3, 0.4) is 0 Å². The Hall–Kier alpha value is -2.06. The zero-order chi connectivity index (χ0) is 15.0.